The summed E-state index contributed by atoms with van der Waals surface area (Å²) in [5.41, 5.74) is 0.0507. The van der Waals surface area contributed by atoms with Gasteiger partial charge in [0.1, 0.15) is 11.4 Å². The van der Waals surface area contributed by atoms with Crippen LogP contribution in [0.5, 0.6) is 5.75 Å². The molecule has 1 aliphatic carbocycles. The van der Waals surface area contributed by atoms with Crippen molar-refractivity contribution in [1.29, 1.82) is 0 Å². The molecule has 140 valence electrons. The highest BCUT2D eigenvalue weighted by Crippen LogP contribution is 2.42. The summed E-state index contributed by atoms with van der Waals surface area (Å²) in [5.74, 6) is 1.10. The molecule has 1 N–H and O–H groups in total. The first-order valence-corrected chi connectivity index (χ1v) is 9.28. The number of anilines is 1. The van der Waals surface area contributed by atoms with Gasteiger partial charge in [0.2, 0.25) is 0 Å². The zero-order valence-electron chi connectivity index (χ0n) is 16.0. The molecule has 5 heteroatoms. The Kier molecular flexibility index (Phi) is 7.26. The maximum Gasteiger partial charge on any atom is 0.256 e. The van der Waals surface area contributed by atoms with Gasteiger partial charge in [-0.25, -0.2) is 0 Å². The van der Waals surface area contributed by atoms with E-state index in [4.69, 9.17) is 9.47 Å². The Morgan fingerprint density at radius 3 is 2.48 bits per heavy atom. The molecule has 2 rings (SSSR count). The van der Waals surface area contributed by atoms with Crippen molar-refractivity contribution < 1.29 is 14.3 Å². The summed E-state index contributed by atoms with van der Waals surface area (Å²) in [6, 6.07) is 7.55. The molecular weight excluding hydrogens is 316 g/mol. The molecule has 0 radical (unpaired) electrons. The zero-order valence-corrected chi connectivity index (χ0v) is 16.0. The summed E-state index contributed by atoms with van der Waals surface area (Å²) in [4.78, 5) is 14.8. The minimum Gasteiger partial charge on any atom is -0.494 e. The fourth-order valence-electron chi connectivity index (χ4n) is 2.78. The lowest BCUT2D eigenvalue weighted by Crippen LogP contribution is -2.45. The molecule has 0 bridgehead atoms. The molecule has 1 amide bonds. The second-order valence-corrected chi connectivity index (χ2v) is 7.21. The lowest BCUT2D eigenvalue weighted by atomic mass is 9.98. The van der Waals surface area contributed by atoms with E-state index in [1.54, 1.807) is 0 Å². The topological polar surface area (TPSA) is 50.8 Å². The number of rotatable bonds is 11. The summed E-state index contributed by atoms with van der Waals surface area (Å²) < 4.78 is 11.6. The molecule has 1 fully saturated rings. The van der Waals surface area contributed by atoms with Gasteiger partial charge in [-0.15, -0.1) is 0 Å². The van der Waals surface area contributed by atoms with Gasteiger partial charge in [-0.2, -0.15) is 0 Å². The number of benzene rings is 1. The third-order valence-electron chi connectivity index (χ3n) is 4.54. The highest BCUT2D eigenvalue weighted by molar-refractivity contribution is 5.97. The Balaban J connectivity index is 1.86. The van der Waals surface area contributed by atoms with Gasteiger partial charge in [0.05, 0.1) is 6.61 Å². The van der Waals surface area contributed by atoms with E-state index in [0.29, 0.717) is 19.1 Å². The molecule has 0 aliphatic heterocycles. The molecular formula is C20H32N2O3. The molecule has 1 aromatic carbocycles. The van der Waals surface area contributed by atoms with Gasteiger partial charge in [0, 0.05) is 18.8 Å². The monoisotopic (exact) mass is 348 g/mol. The van der Waals surface area contributed by atoms with Crippen LogP contribution in [0.4, 0.5) is 5.69 Å². The van der Waals surface area contributed by atoms with Crippen LogP contribution < -0.4 is 10.1 Å². The van der Waals surface area contributed by atoms with Crippen LogP contribution >= 0.6 is 0 Å². The van der Waals surface area contributed by atoms with Crippen molar-refractivity contribution >= 4 is 11.6 Å². The maximum absolute atomic E-state index is 12.7. The largest absolute Gasteiger partial charge is 0.494 e. The standard InChI is InChI=1S/C20H32N2O3/c1-5-14-25-20(2,16-7-8-16)19(23)21-17-9-11-18(12-10-17)24-15-6-13-22(3)4/h9-12,16H,5-8,13-15H2,1-4H3,(H,21,23)/t20-/m0/s1. The first-order valence-electron chi connectivity index (χ1n) is 9.28. The van der Waals surface area contributed by atoms with Crippen LogP contribution in [0.15, 0.2) is 24.3 Å². The van der Waals surface area contributed by atoms with E-state index in [1.807, 2.05) is 31.2 Å². The molecule has 0 saturated heterocycles. The maximum atomic E-state index is 12.7. The van der Waals surface area contributed by atoms with Crippen LogP contribution in [0.25, 0.3) is 0 Å². The van der Waals surface area contributed by atoms with Crippen LogP contribution in [0.1, 0.15) is 39.5 Å². The third-order valence-corrected chi connectivity index (χ3v) is 4.54. The summed E-state index contributed by atoms with van der Waals surface area (Å²) in [6.07, 6.45) is 4.02. The quantitative estimate of drug-likeness (QED) is 0.621. The number of amides is 1. The lowest BCUT2D eigenvalue weighted by molar-refractivity contribution is -0.142. The van der Waals surface area contributed by atoms with Crippen molar-refractivity contribution in [2.24, 2.45) is 5.92 Å². The van der Waals surface area contributed by atoms with Crippen molar-refractivity contribution in [3.8, 4) is 5.75 Å². The van der Waals surface area contributed by atoms with Crippen LogP contribution in [-0.2, 0) is 9.53 Å². The number of nitrogens with zero attached hydrogens (tertiary/aromatic N) is 1. The number of hydrogen-bond acceptors (Lipinski definition) is 4. The van der Waals surface area contributed by atoms with Crippen molar-refractivity contribution in [2.45, 2.75) is 45.1 Å². The summed E-state index contributed by atoms with van der Waals surface area (Å²) in [5, 5.41) is 3.00. The molecule has 5 nitrogen and oxygen atoms in total. The van der Waals surface area contributed by atoms with Crippen molar-refractivity contribution in [3.63, 3.8) is 0 Å². The SMILES string of the molecule is CCCO[C@](C)(C(=O)Nc1ccc(OCCCN(C)C)cc1)C1CC1. The second kappa shape index (κ2) is 9.20. The molecule has 1 saturated carbocycles. The van der Waals surface area contributed by atoms with Crippen molar-refractivity contribution in [1.82, 2.24) is 4.90 Å². The van der Waals surface area contributed by atoms with Gasteiger partial charge in [0.15, 0.2) is 0 Å². The van der Waals surface area contributed by atoms with Gasteiger partial charge < -0.3 is 19.7 Å². The Labute approximate surface area is 151 Å². The van der Waals surface area contributed by atoms with E-state index in [-0.39, 0.29) is 5.91 Å². The first-order chi connectivity index (χ1) is 12.0. The van der Waals surface area contributed by atoms with Gasteiger partial charge in [-0.05, 0) is 76.9 Å². The van der Waals surface area contributed by atoms with Gasteiger partial charge in [-0.1, -0.05) is 6.92 Å². The van der Waals surface area contributed by atoms with Crippen molar-refractivity contribution in [3.05, 3.63) is 24.3 Å². The molecule has 0 aromatic heterocycles. The number of carbonyl (C=O) groups excluding carboxylic acids is 1. The van der Waals surface area contributed by atoms with E-state index in [1.165, 1.54) is 0 Å². The van der Waals surface area contributed by atoms with Gasteiger partial charge >= 0.3 is 0 Å². The highest BCUT2D eigenvalue weighted by atomic mass is 16.5. The minimum atomic E-state index is -0.725. The summed E-state index contributed by atoms with van der Waals surface area (Å²) in [6.45, 7) is 6.28. The molecule has 25 heavy (non-hydrogen) atoms. The summed E-state index contributed by atoms with van der Waals surface area (Å²) in [7, 11) is 4.11. The predicted octanol–water partition coefficient (Wildman–Crippen LogP) is 3.55. The summed E-state index contributed by atoms with van der Waals surface area (Å²) >= 11 is 0. The Morgan fingerprint density at radius 2 is 1.92 bits per heavy atom. The van der Waals surface area contributed by atoms with Gasteiger partial charge in [-0.3, -0.25) is 4.79 Å². The number of hydrogen-bond donors (Lipinski definition) is 1. The minimum absolute atomic E-state index is 0.0527. The van der Waals surface area contributed by atoms with Crippen molar-refractivity contribution in [2.75, 3.05) is 39.2 Å². The van der Waals surface area contributed by atoms with E-state index >= 15 is 0 Å². The highest BCUT2D eigenvalue weighted by Gasteiger charge is 2.48. The average Bonchev–Trinajstić information content (AvgIpc) is 3.43. The number of nitrogens with one attached hydrogen (secondary N) is 1. The average molecular weight is 348 g/mol. The molecule has 1 atom stereocenters. The molecule has 1 aliphatic rings. The first kappa shape index (κ1) is 19.7. The van der Waals surface area contributed by atoms with Crippen LogP contribution in [0.3, 0.4) is 0 Å². The lowest BCUT2D eigenvalue weighted by Gasteiger charge is -2.28. The van der Waals surface area contributed by atoms with E-state index in [0.717, 1.165) is 43.7 Å². The van der Waals surface area contributed by atoms with Crippen LogP contribution in [0, 0.1) is 5.92 Å². The molecule has 0 spiro atoms. The van der Waals surface area contributed by atoms with E-state index in [2.05, 4.69) is 31.2 Å². The zero-order chi connectivity index (χ0) is 18.3. The fourth-order valence-corrected chi connectivity index (χ4v) is 2.78. The van der Waals surface area contributed by atoms with Crippen LogP contribution in [0.2, 0.25) is 0 Å². The molecule has 0 heterocycles. The van der Waals surface area contributed by atoms with E-state index in [9.17, 15) is 4.79 Å². The van der Waals surface area contributed by atoms with Crippen LogP contribution in [-0.4, -0.2) is 50.3 Å². The van der Waals surface area contributed by atoms with E-state index < -0.39 is 5.60 Å². The van der Waals surface area contributed by atoms with Gasteiger partial charge in [0.25, 0.3) is 5.91 Å². The number of ether oxygens (including phenoxy) is 2. The normalized spacial score (nSPS) is 16.5. The second-order valence-electron chi connectivity index (χ2n) is 7.21. The Bertz CT molecular complexity index is 540. The predicted molar refractivity (Wildman–Crippen MR) is 101 cm³/mol. The fraction of sp³-hybridized carbons (Fsp3) is 0.650. The third kappa shape index (κ3) is 6.01. The molecule has 0 unspecified atom stereocenters. The smallest absolute Gasteiger partial charge is 0.256 e. The Morgan fingerprint density at radius 1 is 1.24 bits per heavy atom. The number of carbonyl (C=O) groups is 1. The Hall–Kier alpha value is -1.59. The molecule has 1 aromatic rings.